The molecule has 3 rings (SSSR count). The van der Waals surface area contributed by atoms with Gasteiger partial charge in [-0.15, -0.1) is 0 Å². The number of nitrogens with zero attached hydrogens (tertiary/aromatic N) is 2. The zero-order chi connectivity index (χ0) is 17.3. The van der Waals surface area contributed by atoms with Crippen molar-refractivity contribution >= 4 is 5.91 Å². The molecule has 0 spiro atoms. The Hall–Kier alpha value is -1.83. The van der Waals surface area contributed by atoms with E-state index in [9.17, 15) is 18.4 Å². The van der Waals surface area contributed by atoms with Gasteiger partial charge in [0.15, 0.2) is 0 Å². The standard InChI is InChI=1S/C16H21F2N3O3/c1-10-19-12(8-14(22)20-10)13-9-24-7-6-21(13)15(23)11-2-4-16(17,18)5-3-11/h8,11,13H,2-7,9H2,1H3,(H,19,20,22)/t13-/m0/s1. The van der Waals surface area contributed by atoms with Gasteiger partial charge in [0.25, 0.3) is 5.56 Å². The van der Waals surface area contributed by atoms with Gasteiger partial charge in [0.1, 0.15) is 5.82 Å². The molecule has 1 aliphatic heterocycles. The molecule has 0 unspecified atom stereocenters. The number of carbonyl (C=O) groups excluding carboxylic acids is 1. The van der Waals surface area contributed by atoms with E-state index in [2.05, 4.69) is 9.97 Å². The molecule has 2 heterocycles. The first-order chi connectivity index (χ1) is 11.4. The first kappa shape index (κ1) is 17.0. The maximum Gasteiger partial charge on any atom is 0.251 e. The molecule has 1 saturated carbocycles. The molecule has 1 aliphatic carbocycles. The molecule has 0 radical (unpaired) electrons. The van der Waals surface area contributed by atoms with Gasteiger partial charge in [-0.3, -0.25) is 9.59 Å². The zero-order valence-corrected chi connectivity index (χ0v) is 13.6. The van der Waals surface area contributed by atoms with Crippen molar-refractivity contribution in [1.29, 1.82) is 0 Å². The Morgan fingerprint density at radius 2 is 2.12 bits per heavy atom. The van der Waals surface area contributed by atoms with Crippen molar-refractivity contribution in [3.63, 3.8) is 0 Å². The number of aromatic amines is 1. The van der Waals surface area contributed by atoms with E-state index in [1.165, 1.54) is 6.07 Å². The number of rotatable bonds is 2. The monoisotopic (exact) mass is 341 g/mol. The van der Waals surface area contributed by atoms with Crippen LogP contribution in [0.5, 0.6) is 0 Å². The molecular weight excluding hydrogens is 320 g/mol. The second kappa shape index (κ2) is 6.58. The summed E-state index contributed by atoms with van der Waals surface area (Å²) < 4.78 is 32.1. The van der Waals surface area contributed by atoms with Crippen molar-refractivity contribution in [2.75, 3.05) is 19.8 Å². The molecule has 1 N–H and O–H groups in total. The third-order valence-corrected chi connectivity index (χ3v) is 4.70. The number of nitrogens with one attached hydrogen (secondary N) is 1. The van der Waals surface area contributed by atoms with Gasteiger partial charge >= 0.3 is 0 Å². The van der Waals surface area contributed by atoms with Gasteiger partial charge in [-0.05, 0) is 19.8 Å². The largest absolute Gasteiger partial charge is 0.377 e. The third-order valence-electron chi connectivity index (χ3n) is 4.70. The van der Waals surface area contributed by atoms with Crippen LogP contribution >= 0.6 is 0 Å². The lowest BCUT2D eigenvalue weighted by atomic mass is 9.85. The van der Waals surface area contributed by atoms with Crippen molar-refractivity contribution in [2.45, 2.75) is 44.6 Å². The first-order valence-electron chi connectivity index (χ1n) is 8.20. The summed E-state index contributed by atoms with van der Waals surface area (Å²) in [7, 11) is 0. The van der Waals surface area contributed by atoms with Crippen molar-refractivity contribution in [2.24, 2.45) is 5.92 Å². The van der Waals surface area contributed by atoms with Crippen molar-refractivity contribution < 1.29 is 18.3 Å². The molecule has 132 valence electrons. The van der Waals surface area contributed by atoms with Crippen molar-refractivity contribution in [3.05, 3.63) is 27.9 Å². The predicted molar refractivity (Wildman–Crippen MR) is 81.8 cm³/mol. The fourth-order valence-electron chi connectivity index (χ4n) is 3.41. The van der Waals surface area contributed by atoms with Gasteiger partial charge in [-0.2, -0.15) is 0 Å². The van der Waals surface area contributed by atoms with Crippen LogP contribution in [0.25, 0.3) is 0 Å². The highest BCUT2D eigenvalue weighted by Crippen LogP contribution is 2.38. The minimum absolute atomic E-state index is 0.140. The van der Waals surface area contributed by atoms with Crippen LogP contribution < -0.4 is 5.56 Å². The van der Waals surface area contributed by atoms with Crippen LogP contribution in [-0.2, 0) is 9.53 Å². The molecule has 1 amide bonds. The molecule has 0 bridgehead atoms. The van der Waals surface area contributed by atoms with Crippen LogP contribution in [0.1, 0.15) is 43.2 Å². The summed E-state index contributed by atoms with van der Waals surface area (Å²) in [6.07, 6.45) is -0.114. The van der Waals surface area contributed by atoms with Crippen molar-refractivity contribution in [1.82, 2.24) is 14.9 Å². The molecule has 24 heavy (non-hydrogen) atoms. The normalized spacial score (nSPS) is 24.8. The van der Waals surface area contributed by atoms with E-state index < -0.39 is 17.9 Å². The number of aromatic nitrogens is 2. The fourth-order valence-corrected chi connectivity index (χ4v) is 3.41. The van der Waals surface area contributed by atoms with Gasteiger partial charge in [-0.25, -0.2) is 13.8 Å². The maximum absolute atomic E-state index is 13.3. The molecule has 1 aromatic heterocycles. The lowest BCUT2D eigenvalue weighted by Gasteiger charge is -2.38. The van der Waals surface area contributed by atoms with Crippen LogP contribution in [0.2, 0.25) is 0 Å². The third kappa shape index (κ3) is 3.63. The second-order valence-electron chi connectivity index (χ2n) is 6.51. The second-order valence-corrected chi connectivity index (χ2v) is 6.51. The van der Waals surface area contributed by atoms with Crippen LogP contribution in [0.15, 0.2) is 10.9 Å². The molecular formula is C16H21F2N3O3. The lowest BCUT2D eigenvalue weighted by Crippen LogP contribution is -2.47. The summed E-state index contributed by atoms with van der Waals surface area (Å²) >= 11 is 0. The average Bonchev–Trinajstić information content (AvgIpc) is 2.53. The van der Waals surface area contributed by atoms with E-state index >= 15 is 0 Å². The topological polar surface area (TPSA) is 75.3 Å². The molecule has 8 heteroatoms. The van der Waals surface area contributed by atoms with Gasteiger partial charge in [0.2, 0.25) is 11.8 Å². The minimum Gasteiger partial charge on any atom is -0.377 e. The Labute approximate surface area is 138 Å². The average molecular weight is 341 g/mol. The molecule has 0 aromatic carbocycles. The lowest BCUT2D eigenvalue weighted by molar-refractivity contribution is -0.148. The van der Waals surface area contributed by atoms with Gasteiger partial charge < -0.3 is 14.6 Å². The summed E-state index contributed by atoms with van der Waals surface area (Å²) in [4.78, 5) is 33.0. The summed E-state index contributed by atoms with van der Waals surface area (Å²) in [6.45, 7) is 2.70. The molecule has 2 aliphatic rings. The maximum atomic E-state index is 13.3. The zero-order valence-electron chi connectivity index (χ0n) is 13.6. The Morgan fingerprint density at radius 3 is 2.79 bits per heavy atom. The highest BCUT2D eigenvalue weighted by Gasteiger charge is 2.40. The number of alkyl halides is 2. The number of aryl methyl sites for hydroxylation is 1. The van der Waals surface area contributed by atoms with Gasteiger partial charge in [0, 0.05) is 31.4 Å². The van der Waals surface area contributed by atoms with E-state index in [0.29, 0.717) is 24.7 Å². The van der Waals surface area contributed by atoms with Crippen LogP contribution in [0.4, 0.5) is 8.78 Å². The van der Waals surface area contributed by atoms with E-state index in [1.54, 1.807) is 11.8 Å². The molecule has 1 aromatic rings. The highest BCUT2D eigenvalue weighted by molar-refractivity contribution is 5.79. The van der Waals surface area contributed by atoms with Crippen molar-refractivity contribution in [3.8, 4) is 0 Å². The Balaban J connectivity index is 1.79. The molecule has 6 nitrogen and oxygen atoms in total. The minimum atomic E-state index is -2.66. The number of halogens is 2. The number of H-pyrrole nitrogens is 1. The summed E-state index contributed by atoms with van der Waals surface area (Å²) in [5.74, 6) is -2.73. The fraction of sp³-hybridized carbons (Fsp3) is 0.688. The number of hydrogen-bond donors (Lipinski definition) is 1. The van der Waals surface area contributed by atoms with E-state index in [-0.39, 0.29) is 43.8 Å². The summed E-state index contributed by atoms with van der Waals surface area (Å²) in [6, 6.07) is 0.913. The summed E-state index contributed by atoms with van der Waals surface area (Å²) in [5, 5.41) is 0. The SMILES string of the molecule is Cc1nc([C@@H]2COCCN2C(=O)C2CCC(F)(F)CC2)cc(=O)[nH]1. The number of amides is 1. The Morgan fingerprint density at radius 1 is 1.42 bits per heavy atom. The first-order valence-corrected chi connectivity index (χ1v) is 8.20. The molecule has 1 atom stereocenters. The Kier molecular flexibility index (Phi) is 4.67. The van der Waals surface area contributed by atoms with Gasteiger partial charge in [-0.1, -0.05) is 0 Å². The predicted octanol–water partition coefficient (Wildman–Crippen LogP) is 1.80. The van der Waals surface area contributed by atoms with E-state index in [1.807, 2.05) is 0 Å². The number of hydrogen-bond acceptors (Lipinski definition) is 4. The Bertz CT molecular complexity index is 667. The van der Waals surface area contributed by atoms with Crippen LogP contribution in [0.3, 0.4) is 0 Å². The van der Waals surface area contributed by atoms with Gasteiger partial charge in [0.05, 0.1) is 24.9 Å². The quantitative estimate of drug-likeness (QED) is 0.890. The molecule has 2 fully saturated rings. The number of morpholine rings is 1. The van der Waals surface area contributed by atoms with Crippen LogP contribution in [-0.4, -0.2) is 46.5 Å². The smallest absolute Gasteiger partial charge is 0.251 e. The summed E-state index contributed by atoms with van der Waals surface area (Å²) in [5.41, 5.74) is 0.193. The van der Waals surface area contributed by atoms with Crippen LogP contribution in [0, 0.1) is 12.8 Å². The number of ether oxygens (including phenoxy) is 1. The molecule has 1 saturated heterocycles. The van der Waals surface area contributed by atoms with E-state index in [4.69, 9.17) is 4.74 Å². The van der Waals surface area contributed by atoms with E-state index in [0.717, 1.165) is 0 Å². The number of carbonyl (C=O) groups is 1. The highest BCUT2D eigenvalue weighted by atomic mass is 19.3.